The number of carboxylic acids is 1. The summed E-state index contributed by atoms with van der Waals surface area (Å²) in [6.07, 6.45) is 0. The van der Waals surface area contributed by atoms with Gasteiger partial charge in [0.15, 0.2) is 0 Å². The number of hydrogen-bond acceptors (Lipinski definition) is 2. The van der Waals surface area contributed by atoms with Crippen molar-refractivity contribution in [2.45, 2.75) is 6.54 Å². The molecular formula is C23H14BrF2NO3. The van der Waals surface area contributed by atoms with E-state index in [1.165, 1.54) is 6.07 Å². The topological polar surface area (TPSA) is 59.3 Å². The number of aromatic nitrogens is 1. The average Bonchev–Trinajstić information content (AvgIpc) is 2.72. The Morgan fingerprint density at radius 3 is 2.23 bits per heavy atom. The van der Waals surface area contributed by atoms with Crippen LogP contribution in [0.5, 0.6) is 0 Å². The minimum absolute atomic E-state index is 0.249. The van der Waals surface area contributed by atoms with Gasteiger partial charge in [-0.1, -0.05) is 52.3 Å². The number of pyridine rings is 1. The van der Waals surface area contributed by atoms with Crippen molar-refractivity contribution in [3.05, 3.63) is 104 Å². The first-order chi connectivity index (χ1) is 14.4. The van der Waals surface area contributed by atoms with E-state index in [-0.39, 0.29) is 16.6 Å². The van der Waals surface area contributed by atoms with Crippen LogP contribution in [0.1, 0.15) is 16.1 Å². The third-order valence-electron chi connectivity index (χ3n) is 4.88. The Bertz CT molecular complexity index is 1330. The number of aromatic carboxylic acids is 1. The van der Waals surface area contributed by atoms with Crippen molar-refractivity contribution in [3.63, 3.8) is 0 Å². The zero-order chi connectivity index (χ0) is 21.4. The summed E-state index contributed by atoms with van der Waals surface area (Å²) in [6, 6.07) is 17.0. The molecule has 0 aliphatic heterocycles. The standard InChI is InChI=1S/C23H14BrF2NO3/c24-14-9-10-15-16(11-14)20(13-5-2-1-3-6-13)21(23(29)30)27(22(15)28)12-17-18(25)7-4-8-19(17)26/h1-11H,12H2,(H,29,30). The SMILES string of the molecule is O=C(O)c1c(-c2ccccc2)c2cc(Br)ccc2c(=O)n1Cc1c(F)cccc1F. The number of rotatable bonds is 4. The van der Waals surface area contributed by atoms with Crippen LogP contribution in [0.4, 0.5) is 8.78 Å². The predicted molar refractivity (Wildman–Crippen MR) is 114 cm³/mol. The number of carbonyl (C=O) groups is 1. The average molecular weight is 470 g/mol. The van der Waals surface area contributed by atoms with Gasteiger partial charge in [-0.2, -0.15) is 0 Å². The van der Waals surface area contributed by atoms with Crippen LogP contribution < -0.4 is 5.56 Å². The summed E-state index contributed by atoms with van der Waals surface area (Å²) in [5.41, 5.74) is -0.481. The van der Waals surface area contributed by atoms with Crippen molar-refractivity contribution < 1.29 is 18.7 Å². The minimum Gasteiger partial charge on any atom is -0.477 e. The fourth-order valence-electron chi connectivity index (χ4n) is 3.53. The quantitative estimate of drug-likeness (QED) is 0.431. The third-order valence-corrected chi connectivity index (χ3v) is 5.37. The number of benzene rings is 3. The normalized spacial score (nSPS) is 11.0. The summed E-state index contributed by atoms with van der Waals surface area (Å²) in [5.74, 6) is -3.07. The largest absolute Gasteiger partial charge is 0.477 e. The van der Waals surface area contributed by atoms with E-state index in [0.29, 0.717) is 21.0 Å². The zero-order valence-corrected chi connectivity index (χ0v) is 17.0. The molecule has 1 aromatic heterocycles. The molecule has 0 saturated carbocycles. The maximum atomic E-state index is 14.3. The van der Waals surface area contributed by atoms with Gasteiger partial charge in [-0.25, -0.2) is 13.6 Å². The molecule has 30 heavy (non-hydrogen) atoms. The molecule has 0 fully saturated rings. The van der Waals surface area contributed by atoms with Crippen molar-refractivity contribution in [3.8, 4) is 11.1 Å². The molecule has 150 valence electrons. The Balaban J connectivity index is 2.14. The molecule has 7 heteroatoms. The summed E-state index contributed by atoms with van der Waals surface area (Å²) in [7, 11) is 0. The van der Waals surface area contributed by atoms with Crippen molar-refractivity contribution >= 4 is 32.7 Å². The summed E-state index contributed by atoms with van der Waals surface area (Å²) < 4.78 is 30.2. The van der Waals surface area contributed by atoms with Crippen LogP contribution in [0.25, 0.3) is 21.9 Å². The maximum Gasteiger partial charge on any atom is 0.353 e. The van der Waals surface area contributed by atoms with E-state index in [1.54, 1.807) is 48.5 Å². The molecule has 1 N–H and O–H groups in total. The van der Waals surface area contributed by atoms with Gasteiger partial charge in [0.25, 0.3) is 5.56 Å². The molecule has 4 nitrogen and oxygen atoms in total. The fraction of sp³-hybridized carbons (Fsp3) is 0.0435. The molecule has 0 aliphatic carbocycles. The van der Waals surface area contributed by atoms with Gasteiger partial charge < -0.3 is 5.11 Å². The third kappa shape index (κ3) is 3.41. The summed E-state index contributed by atoms with van der Waals surface area (Å²) in [4.78, 5) is 25.5. The highest BCUT2D eigenvalue weighted by Gasteiger charge is 2.24. The molecule has 0 unspecified atom stereocenters. The van der Waals surface area contributed by atoms with E-state index >= 15 is 0 Å². The Labute approximate surface area is 178 Å². The van der Waals surface area contributed by atoms with E-state index < -0.39 is 29.7 Å². The Morgan fingerprint density at radius 2 is 1.60 bits per heavy atom. The number of hydrogen-bond donors (Lipinski definition) is 1. The number of nitrogens with zero attached hydrogens (tertiary/aromatic N) is 1. The fourth-order valence-corrected chi connectivity index (χ4v) is 3.89. The van der Waals surface area contributed by atoms with Gasteiger partial charge in [0.2, 0.25) is 0 Å². The lowest BCUT2D eigenvalue weighted by molar-refractivity contribution is 0.0685. The number of carboxylic acid groups (broad SMARTS) is 1. The van der Waals surface area contributed by atoms with Crippen LogP contribution in [-0.2, 0) is 6.54 Å². The highest BCUT2D eigenvalue weighted by Crippen LogP contribution is 2.33. The van der Waals surface area contributed by atoms with Crippen molar-refractivity contribution in [1.29, 1.82) is 0 Å². The van der Waals surface area contributed by atoms with Gasteiger partial charge >= 0.3 is 5.97 Å². The Kier molecular flexibility index (Phi) is 5.22. The lowest BCUT2D eigenvalue weighted by Crippen LogP contribution is -2.28. The van der Waals surface area contributed by atoms with Gasteiger partial charge in [0.1, 0.15) is 17.3 Å². The van der Waals surface area contributed by atoms with E-state index in [2.05, 4.69) is 15.9 Å². The molecule has 4 rings (SSSR count). The molecule has 1 heterocycles. The van der Waals surface area contributed by atoms with Crippen LogP contribution in [0.2, 0.25) is 0 Å². The van der Waals surface area contributed by atoms with Crippen LogP contribution in [0.3, 0.4) is 0 Å². The van der Waals surface area contributed by atoms with Crippen molar-refractivity contribution in [1.82, 2.24) is 4.57 Å². The first kappa shape index (κ1) is 20.0. The summed E-state index contributed by atoms with van der Waals surface area (Å²) in [5, 5.41) is 10.7. The molecule has 0 atom stereocenters. The van der Waals surface area contributed by atoms with Crippen LogP contribution in [0, 0.1) is 11.6 Å². The number of fused-ring (bicyclic) bond motifs is 1. The second-order valence-corrected chi connectivity index (χ2v) is 7.59. The molecule has 0 amide bonds. The monoisotopic (exact) mass is 469 g/mol. The highest BCUT2D eigenvalue weighted by atomic mass is 79.9. The Morgan fingerprint density at radius 1 is 0.933 bits per heavy atom. The van der Waals surface area contributed by atoms with E-state index in [9.17, 15) is 23.5 Å². The van der Waals surface area contributed by atoms with Crippen LogP contribution in [-0.4, -0.2) is 15.6 Å². The van der Waals surface area contributed by atoms with Gasteiger partial charge in [-0.15, -0.1) is 0 Å². The zero-order valence-electron chi connectivity index (χ0n) is 15.4. The molecule has 3 aromatic carbocycles. The number of halogens is 3. The summed E-state index contributed by atoms with van der Waals surface area (Å²) in [6.45, 7) is -0.551. The van der Waals surface area contributed by atoms with Crippen molar-refractivity contribution in [2.24, 2.45) is 0 Å². The lowest BCUT2D eigenvalue weighted by atomic mass is 9.96. The molecule has 4 aromatic rings. The smallest absolute Gasteiger partial charge is 0.353 e. The molecule has 0 radical (unpaired) electrons. The highest BCUT2D eigenvalue weighted by molar-refractivity contribution is 9.10. The Hall–Kier alpha value is -3.32. The first-order valence-electron chi connectivity index (χ1n) is 8.96. The van der Waals surface area contributed by atoms with E-state index in [1.807, 2.05) is 0 Å². The first-order valence-corrected chi connectivity index (χ1v) is 9.75. The molecule has 0 saturated heterocycles. The minimum atomic E-state index is -1.37. The predicted octanol–water partition coefficient (Wildman–Crippen LogP) is 5.46. The van der Waals surface area contributed by atoms with Gasteiger partial charge in [0.05, 0.1) is 6.54 Å². The summed E-state index contributed by atoms with van der Waals surface area (Å²) >= 11 is 3.36. The van der Waals surface area contributed by atoms with Crippen molar-refractivity contribution in [2.75, 3.05) is 0 Å². The second-order valence-electron chi connectivity index (χ2n) is 6.68. The van der Waals surface area contributed by atoms with Crippen LogP contribution in [0.15, 0.2) is 76.0 Å². The van der Waals surface area contributed by atoms with Gasteiger partial charge in [-0.05, 0) is 41.3 Å². The van der Waals surface area contributed by atoms with Crippen LogP contribution >= 0.6 is 15.9 Å². The second kappa shape index (κ2) is 7.84. The van der Waals surface area contributed by atoms with E-state index in [0.717, 1.165) is 16.7 Å². The molecule has 0 aliphatic rings. The van der Waals surface area contributed by atoms with E-state index in [4.69, 9.17) is 0 Å². The van der Waals surface area contributed by atoms with Gasteiger partial charge in [-0.3, -0.25) is 9.36 Å². The molecule has 0 bridgehead atoms. The molecule has 0 spiro atoms. The maximum absolute atomic E-state index is 14.3. The molecular weight excluding hydrogens is 456 g/mol. The van der Waals surface area contributed by atoms with Gasteiger partial charge in [0, 0.05) is 21.0 Å². The lowest BCUT2D eigenvalue weighted by Gasteiger charge is -2.18.